The third-order valence-corrected chi connectivity index (χ3v) is 3.87. The molecule has 0 bridgehead atoms. The number of hydrogen-bond acceptors (Lipinski definition) is 5. The second-order valence-electron chi connectivity index (χ2n) is 3.83. The average molecular weight is 426 g/mol. The van der Waals surface area contributed by atoms with E-state index in [1.807, 2.05) is 22.6 Å². The summed E-state index contributed by atoms with van der Waals surface area (Å²) < 4.78 is 9.96. The van der Waals surface area contributed by atoms with Crippen LogP contribution in [0.3, 0.4) is 0 Å². The molecule has 1 rings (SSSR count). The van der Waals surface area contributed by atoms with Crippen molar-refractivity contribution in [2.24, 2.45) is 0 Å². The van der Waals surface area contributed by atoms with E-state index in [9.17, 15) is 14.4 Å². The quantitative estimate of drug-likeness (QED) is 0.446. The molecule has 0 radical (unpaired) electrons. The number of anilines is 1. The molecular weight excluding hydrogens is 413 g/mol. The van der Waals surface area contributed by atoms with Gasteiger partial charge in [0.2, 0.25) is 5.91 Å². The summed E-state index contributed by atoms with van der Waals surface area (Å²) in [6, 6.07) is 2.92. The molecule has 1 N–H and O–H groups in total. The van der Waals surface area contributed by atoms with Crippen molar-refractivity contribution >= 4 is 57.7 Å². The van der Waals surface area contributed by atoms with Crippen LogP contribution in [0.5, 0.6) is 0 Å². The highest BCUT2D eigenvalue weighted by Gasteiger charge is 2.18. The van der Waals surface area contributed by atoms with Gasteiger partial charge in [-0.3, -0.25) is 9.59 Å². The van der Waals surface area contributed by atoms with Crippen molar-refractivity contribution in [1.29, 1.82) is 0 Å². The van der Waals surface area contributed by atoms with Crippen molar-refractivity contribution in [2.75, 3.05) is 19.0 Å². The standard InChI is InChI=1S/C13H13ClINO5/c1-3-21-12(18)6-11(17)16-10-5-8(14)9(15)4-7(10)13(19)20-2/h4-5H,3,6H2,1-2H3,(H,16,17). The first-order valence-electron chi connectivity index (χ1n) is 5.91. The van der Waals surface area contributed by atoms with E-state index in [2.05, 4.69) is 14.8 Å². The number of amides is 1. The maximum absolute atomic E-state index is 11.7. The first-order chi connectivity index (χ1) is 9.88. The third kappa shape index (κ3) is 5.16. The fourth-order valence-corrected chi connectivity index (χ4v) is 2.10. The molecule has 21 heavy (non-hydrogen) atoms. The Hall–Kier alpha value is -1.35. The van der Waals surface area contributed by atoms with Crippen LogP contribution in [0.4, 0.5) is 5.69 Å². The molecule has 0 atom stereocenters. The summed E-state index contributed by atoms with van der Waals surface area (Å²) in [6.07, 6.45) is -0.446. The largest absolute Gasteiger partial charge is 0.466 e. The highest BCUT2D eigenvalue weighted by atomic mass is 127. The average Bonchev–Trinajstić information content (AvgIpc) is 2.41. The Kier molecular flexibility index (Phi) is 6.90. The van der Waals surface area contributed by atoms with Gasteiger partial charge in [-0.1, -0.05) is 11.6 Å². The molecule has 0 heterocycles. The van der Waals surface area contributed by atoms with Crippen LogP contribution in [0, 0.1) is 3.57 Å². The van der Waals surface area contributed by atoms with E-state index in [1.165, 1.54) is 19.2 Å². The fraction of sp³-hybridized carbons (Fsp3) is 0.308. The molecular formula is C13H13ClINO5. The van der Waals surface area contributed by atoms with E-state index in [0.717, 1.165) is 0 Å². The van der Waals surface area contributed by atoms with Crippen LogP contribution in [0.25, 0.3) is 0 Å². The Labute approximate surface area is 140 Å². The van der Waals surface area contributed by atoms with Crippen LogP contribution >= 0.6 is 34.2 Å². The third-order valence-electron chi connectivity index (χ3n) is 2.35. The molecule has 1 amide bonds. The molecule has 0 aliphatic heterocycles. The molecule has 114 valence electrons. The van der Waals surface area contributed by atoms with Gasteiger partial charge in [0.15, 0.2) is 0 Å². The number of carbonyl (C=O) groups is 3. The zero-order valence-corrected chi connectivity index (χ0v) is 14.3. The topological polar surface area (TPSA) is 81.7 Å². The van der Waals surface area contributed by atoms with Crippen molar-refractivity contribution in [3.05, 3.63) is 26.3 Å². The summed E-state index contributed by atoms with van der Waals surface area (Å²) >= 11 is 7.92. The summed E-state index contributed by atoms with van der Waals surface area (Å²) in [4.78, 5) is 34.7. The van der Waals surface area contributed by atoms with Crippen molar-refractivity contribution in [1.82, 2.24) is 0 Å². The second kappa shape index (κ2) is 8.18. The number of benzene rings is 1. The molecule has 0 saturated heterocycles. The lowest BCUT2D eigenvalue weighted by molar-refractivity contribution is -0.145. The Morgan fingerprint density at radius 2 is 2.00 bits per heavy atom. The van der Waals surface area contributed by atoms with Gasteiger partial charge in [0.25, 0.3) is 0 Å². The highest BCUT2D eigenvalue weighted by molar-refractivity contribution is 14.1. The first-order valence-corrected chi connectivity index (χ1v) is 7.37. The molecule has 6 nitrogen and oxygen atoms in total. The smallest absolute Gasteiger partial charge is 0.340 e. The molecule has 1 aromatic rings. The van der Waals surface area contributed by atoms with Gasteiger partial charge < -0.3 is 14.8 Å². The molecule has 0 unspecified atom stereocenters. The first kappa shape index (κ1) is 17.7. The van der Waals surface area contributed by atoms with Crippen LogP contribution in [-0.4, -0.2) is 31.6 Å². The SMILES string of the molecule is CCOC(=O)CC(=O)Nc1cc(Cl)c(I)cc1C(=O)OC. The Balaban J connectivity index is 2.96. The van der Waals surface area contributed by atoms with Crippen molar-refractivity contribution < 1.29 is 23.9 Å². The number of esters is 2. The molecule has 8 heteroatoms. The number of halogens is 2. The maximum Gasteiger partial charge on any atom is 0.340 e. The Bertz CT molecular complexity index is 576. The van der Waals surface area contributed by atoms with E-state index in [4.69, 9.17) is 11.6 Å². The van der Waals surface area contributed by atoms with Crippen LogP contribution < -0.4 is 5.32 Å². The van der Waals surface area contributed by atoms with Gasteiger partial charge in [-0.05, 0) is 41.6 Å². The number of nitrogens with one attached hydrogen (secondary N) is 1. The minimum Gasteiger partial charge on any atom is -0.466 e. The summed E-state index contributed by atoms with van der Waals surface area (Å²) in [6.45, 7) is 1.83. The van der Waals surface area contributed by atoms with Crippen molar-refractivity contribution in [2.45, 2.75) is 13.3 Å². The molecule has 0 saturated carbocycles. The Morgan fingerprint density at radius 1 is 1.33 bits per heavy atom. The van der Waals surface area contributed by atoms with E-state index in [0.29, 0.717) is 8.59 Å². The van der Waals surface area contributed by atoms with Crippen LogP contribution in [0.2, 0.25) is 5.02 Å². The van der Waals surface area contributed by atoms with Gasteiger partial charge in [0.1, 0.15) is 6.42 Å². The molecule has 0 fully saturated rings. The molecule has 0 aliphatic carbocycles. The zero-order chi connectivity index (χ0) is 16.0. The molecule has 1 aromatic carbocycles. The minimum absolute atomic E-state index is 0.156. The van der Waals surface area contributed by atoms with E-state index in [1.54, 1.807) is 6.92 Å². The van der Waals surface area contributed by atoms with Crippen LogP contribution in [0.15, 0.2) is 12.1 Å². The van der Waals surface area contributed by atoms with Gasteiger partial charge in [0, 0.05) is 3.57 Å². The predicted octanol–water partition coefficient (Wildman–Crippen LogP) is 2.62. The number of ether oxygens (including phenoxy) is 2. The Morgan fingerprint density at radius 3 is 2.57 bits per heavy atom. The number of carbonyl (C=O) groups excluding carboxylic acids is 3. The number of rotatable bonds is 5. The van der Waals surface area contributed by atoms with Gasteiger partial charge in [-0.25, -0.2) is 4.79 Å². The second-order valence-corrected chi connectivity index (χ2v) is 5.40. The predicted molar refractivity (Wildman–Crippen MR) is 85.4 cm³/mol. The summed E-state index contributed by atoms with van der Waals surface area (Å²) in [5.74, 6) is -1.86. The monoisotopic (exact) mass is 425 g/mol. The molecule has 0 aromatic heterocycles. The number of hydrogen-bond donors (Lipinski definition) is 1. The molecule has 0 spiro atoms. The van der Waals surface area contributed by atoms with Gasteiger partial charge >= 0.3 is 11.9 Å². The summed E-state index contributed by atoms with van der Waals surface area (Å²) in [7, 11) is 1.23. The van der Waals surface area contributed by atoms with Crippen LogP contribution in [-0.2, 0) is 19.1 Å². The lowest BCUT2D eigenvalue weighted by Crippen LogP contribution is -2.20. The van der Waals surface area contributed by atoms with Crippen LogP contribution in [0.1, 0.15) is 23.7 Å². The molecule has 0 aliphatic rings. The highest BCUT2D eigenvalue weighted by Crippen LogP contribution is 2.27. The summed E-state index contributed by atoms with van der Waals surface area (Å²) in [5.41, 5.74) is 0.338. The van der Waals surface area contributed by atoms with Gasteiger partial charge in [-0.2, -0.15) is 0 Å². The zero-order valence-electron chi connectivity index (χ0n) is 11.4. The van der Waals surface area contributed by atoms with E-state index >= 15 is 0 Å². The lowest BCUT2D eigenvalue weighted by atomic mass is 10.1. The van der Waals surface area contributed by atoms with Gasteiger partial charge in [-0.15, -0.1) is 0 Å². The van der Waals surface area contributed by atoms with E-state index in [-0.39, 0.29) is 17.9 Å². The minimum atomic E-state index is -0.647. The van der Waals surface area contributed by atoms with Crippen molar-refractivity contribution in [3.8, 4) is 0 Å². The normalized spacial score (nSPS) is 9.90. The van der Waals surface area contributed by atoms with Gasteiger partial charge in [0.05, 0.1) is 30.0 Å². The lowest BCUT2D eigenvalue weighted by Gasteiger charge is -2.11. The van der Waals surface area contributed by atoms with Crippen molar-refractivity contribution in [3.63, 3.8) is 0 Å². The number of methoxy groups -OCH3 is 1. The van der Waals surface area contributed by atoms with E-state index < -0.39 is 24.3 Å². The fourth-order valence-electron chi connectivity index (χ4n) is 1.47. The maximum atomic E-state index is 11.7. The summed E-state index contributed by atoms with van der Waals surface area (Å²) in [5, 5.41) is 2.82.